The Bertz CT molecular complexity index is 1150. The third-order valence-electron chi connectivity index (χ3n) is 6.54. The molecule has 2 aromatic carbocycles. The predicted molar refractivity (Wildman–Crippen MR) is 126 cm³/mol. The van der Waals surface area contributed by atoms with E-state index in [1.54, 1.807) is 24.3 Å². The highest BCUT2D eigenvalue weighted by molar-refractivity contribution is 5.99. The molecule has 2 aliphatic heterocycles. The maximum absolute atomic E-state index is 14.2. The molecule has 0 aromatic heterocycles. The number of nitrogens with one attached hydrogen (secondary N) is 1. The van der Waals surface area contributed by atoms with E-state index in [1.807, 2.05) is 13.8 Å². The SMILES string of the molecule is COc1ccc(C(=O)N2C(C(=O)NC(C)C)COC23CCN(C(=O)c2ccc(F)cc2F)CC3)cc1. The number of likely N-dealkylation sites (tertiary alicyclic amines) is 1. The standard InChI is InChI=1S/C26H29F2N3O5/c1-16(2)29-23(32)22-15-36-26(31(22)24(33)17-4-7-19(35-3)8-5-17)10-12-30(13-11-26)25(34)20-9-6-18(27)14-21(20)28/h4-9,14,16,22H,10-13,15H2,1-3H3,(H,29,32). The highest BCUT2D eigenvalue weighted by Crippen LogP contribution is 2.39. The van der Waals surface area contributed by atoms with E-state index in [1.165, 1.54) is 16.9 Å². The van der Waals surface area contributed by atoms with Crippen LogP contribution in [-0.4, -0.2) is 72.1 Å². The summed E-state index contributed by atoms with van der Waals surface area (Å²) in [6.07, 6.45) is 0.462. The normalized spacial score (nSPS) is 19.0. The third-order valence-corrected chi connectivity index (χ3v) is 6.54. The van der Waals surface area contributed by atoms with Gasteiger partial charge in [-0.3, -0.25) is 19.3 Å². The van der Waals surface area contributed by atoms with Crippen molar-refractivity contribution in [3.63, 3.8) is 0 Å². The average Bonchev–Trinajstić information content (AvgIpc) is 3.22. The zero-order valence-electron chi connectivity index (χ0n) is 20.4. The van der Waals surface area contributed by atoms with Crippen molar-refractivity contribution >= 4 is 17.7 Å². The molecule has 1 atom stereocenters. The average molecular weight is 502 g/mol. The van der Waals surface area contributed by atoms with Crippen LogP contribution in [0.25, 0.3) is 0 Å². The van der Waals surface area contributed by atoms with Gasteiger partial charge in [0.05, 0.1) is 19.3 Å². The summed E-state index contributed by atoms with van der Waals surface area (Å²) in [5.41, 5.74) is -0.955. The highest BCUT2D eigenvalue weighted by atomic mass is 19.1. The van der Waals surface area contributed by atoms with Gasteiger partial charge in [-0.2, -0.15) is 0 Å². The van der Waals surface area contributed by atoms with E-state index >= 15 is 0 Å². The van der Waals surface area contributed by atoms with Gasteiger partial charge in [0.15, 0.2) is 0 Å². The van der Waals surface area contributed by atoms with Gasteiger partial charge in [-0.25, -0.2) is 8.78 Å². The van der Waals surface area contributed by atoms with E-state index in [4.69, 9.17) is 9.47 Å². The molecule has 1 spiro atoms. The van der Waals surface area contributed by atoms with E-state index in [0.29, 0.717) is 17.4 Å². The molecule has 2 fully saturated rings. The summed E-state index contributed by atoms with van der Waals surface area (Å²) in [5, 5.41) is 2.85. The number of hydrogen-bond donors (Lipinski definition) is 1. The summed E-state index contributed by atoms with van der Waals surface area (Å²) in [4.78, 5) is 42.5. The van der Waals surface area contributed by atoms with Crippen LogP contribution in [0.1, 0.15) is 47.4 Å². The molecule has 0 bridgehead atoms. The number of nitrogens with zero attached hydrogens (tertiary/aromatic N) is 2. The van der Waals surface area contributed by atoms with Crippen molar-refractivity contribution in [3.8, 4) is 5.75 Å². The Hall–Kier alpha value is -3.53. The van der Waals surface area contributed by atoms with E-state index in [0.717, 1.165) is 12.1 Å². The second kappa shape index (κ2) is 10.2. The van der Waals surface area contributed by atoms with Crippen LogP contribution >= 0.6 is 0 Å². The van der Waals surface area contributed by atoms with Crippen LogP contribution in [0.5, 0.6) is 5.75 Å². The first-order chi connectivity index (χ1) is 17.1. The van der Waals surface area contributed by atoms with Gasteiger partial charge in [0.1, 0.15) is 29.2 Å². The Labute approximate surface area is 208 Å². The summed E-state index contributed by atoms with van der Waals surface area (Å²) in [5.74, 6) is -2.37. The first kappa shape index (κ1) is 25.6. The fourth-order valence-electron chi connectivity index (χ4n) is 4.71. The Morgan fingerprint density at radius 3 is 2.31 bits per heavy atom. The fraction of sp³-hybridized carbons (Fsp3) is 0.423. The third kappa shape index (κ3) is 4.90. The van der Waals surface area contributed by atoms with Crippen LogP contribution in [0.2, 0.25) is 0 Å². The van der Waals surface area contributed by atoms with Crippen molar-refractivity contribution in [1.82, 2.24) is 15.1 Å². The van der Waals surface area contributed by atoms with Gasteiger partial charge in [0.2, 0.25) is 5.91 Å². The van der Waals surface area contributed by atoms with Crippen LogP contribution in [0.15, 0.2) is 42.5 Å². The lowest BCUT2D eigenvalue weighted by atomic mass is 9.96. The number of hydrogen-bond acceptors (Lipinski definition) is 5. The lowest BCUT2D eigenvalue weighted by Crippen LogP contribution is -2.60. The first-order valence-electron chi connectivity index (χ1n) is 11.8. The minimum atomic E-state index is -1.10. The molecule has 36 heavy (non-hydrogen) atoms. The number of carbonyl (C=O) groups excluding carboxylic acids is 3. The van der Waals surface area contributed by atoms with Crippen molar-refractivity contribution in [1.29, 1.82) is 0 Å². The van der Waals surface area contributed by atoms with Crippen molar-refractivity contribution in [2.45, 2.75) is 44.5 Å². The van der Waals surface area contributed by atoms with Gasteiger partial charge in [-0.15, -0.1) is 0 Å². The van der Waals surface area contributed by atoms with E-state index in [2.05, 4.69) is 5.32 Å². The number of rotatable bonds is 5. The molecular weight excluding hydrogens is 472 g/mol. The van der Waals surface area contributed by atoms with Crippen LogP contribution in [0.3, 0.4) is 0 Å². The van der Waals surface area contributed by atoms with E-state index < -0.39 is 29.3 Å². The van der Waals surface area contributed by atoms with Gasteiger partial charge >= 0.3 is 0 Å². The Kier molecular flexibility index (Phi) is 7.26. The molecule has 1 unspecified atom stereocenters. The quantitative estimate of drug-likeness (QED) is 0.681. The minimum absolute atomic E-state index is 0.0149. The lowest BCUT2D eigenvalue weighted by Gasteiger charge is -2.44. The van der Waals surface area contributed by atoms with Crippen molar-refractivity contribution in [3.05, 3.63) is 65.2 Å². The second-order valence-corrected chi connectivity index (χ2v) is 9.26. The summed E-state index contributed by atoms with van der Waals surface area (Å²) >= 11 is 0. The summed E-state index contributed by atoms with van der Waals surface area (Å²) in [7, 11) is 1.53. The molecule has 2 saturated heterocycles. The molecule has 2 heterocycles. The van der Waals surface area contributed by atoms with Gasteiger partial charge in [-0.05, 0) is 50.2 Å². The summed E-state index contributed by atoms with van der Waals surface area (Å²) < 4.78 is 38.8. The van der Waals surface area contributed by atoms with Gasteiger partial charge in [0.25, 0.3) is 11.8 Å². The number of carbonyl (C=O) groups is 3. The maximum atomic E-state index is 14.2. The van der Waals surface area contributed by atoms with Crippen LogP contribution in [0, 0.1) is 11.6 Å². The molecule has 2 aromatic rings. The fourth-order valence-corrected chi connectivity index (χ4v) is 4.71. The number of methoxy groups -OCH3 is 1. The monoisotopic (exact) mass is 501 g/mol. The zero-order chi connectivity index (χ0) is 26.0. The first-order valence-corrected chi connectivity index (χ1v) is 11.8. The largest absolute Gasteiger partial charge is 0.497 e. The Morgan fingerprint density at radius 1 is 1.06 bits per heavy atom. The number of amides is 3. The zero-order valence-corrected chi connectivity index (χ0v) is 20.4. The molecule has 0 radical (unpaired) electrons. The Balaban J connectivity index is 1.58. The maximum Gasteiger partial charge on any atom is 0.256 e. The van der Waals surface area contributed by atoms with E-state index in [9.17, 15) is 23.2 Å². The molecule has 10 heteroatoms. The molecule has 192 valence electrons. The Morgan fingerprint density at radius 2 is 1.72 bits per heavy atom. The van der Waals surface area contributed by atoms with Crippen LogP contribution in [-0.2, 0) is 9.53 Å². The smallest absolute Gasteiger partial charge is 0.256 e. The topological polar surface area (TPSA) is 88.2 Å². The molecule has 0 saturated carbocycles. The molecule has 8 nitrogen and oxygen atoms in total. The number of halogens is 2. The van der Waals surface area contributed by atoms with Crippen molar-refractivity contribution in [2.24, 2.45) is 0 Å². The molecule has 4 rings (SSSR count). The summed E-state index contributed by atoms with van der Waals surface area (Å²) in [6.45, 7) is 4.01. The second-order valence-electron chi connectivity index (χ2n) is 9.26. The lowest BCUT2D eigenvalue weighted by molar-refractivity contribution is -0.128. The molecule has 2 aliphatic rings. The van der Waals surface area contributed by atoms with Gasteiger partial charge in [0, 0.05) is 43.6 Å². The van der Waals surface area contributed by atoms with Crippen LogP contribution in [0.4, 0.5) is 8.78 Å². The highest BCUT2D eigenvalue weighted by Gasteiger charge is 2.54. The van der Waals surface area contributed by atoms with Gasteiger partial charge in [-0.1, -0.05) is 0 Å². The molecule has 1 N–H and O–H groups in total. The molecule has 0 aliphatic carbocycles. The van der Waals surface area contributed by atoms with Gasteiger partial charge < -0.3 is 19.7 Å². The van der Waals surface area contributed by atoms with Crippen molar-refractivity contribution in [2.75, 3.05) is 26.8 Å². The molecule has 3 amide bonds. The molecular formula is C26H29F2N3O5. The minimum Gasteiger partial charge on any atom is -0.497 e. The number of benzene rings is 2. The van der Waals surface area contributed by atoms with Crippen LogP contribution < -0.4 is 10.1 Å². The summed E-state index contributed by atoms with van der Waals surface area (Å²) in [6, 6.07) is 8.44. The predicted octanol–water partition coefficient (Wildman–Crippen LogP) is 2.97. The van der Waals surface area contributed by atoms with Crippen molar-refractivity contribution < 1.29 is 32.6 Å². The van der Waals surface area contributed by atoms with E-state index in [-0.39, 0.29) is 56.0 Å². The number of piperidine rings is 1. The number of ether oxygens (including phenoxy) is 2.